The number of aryl methyl sites for hydroxylation is 2. The van der Waals surface area contributed by atoms with Crippen LogP contribution < -0.4 is 5.73 Å². The summed E-state index contributed by atoms with van der Waals surface area (Å²) in [6.07, 6.45) is 6.48. The highest BCUT2D eigenvalue weighted by Gasteiger charge is 2.41. The van der Waals surface area contributed by atoms with E-state index in [-0.39, 0.29) is 18.8 Å². The minimum atomic E-state index is -2.57. The Hall–Kier alpha value is -3.16. The lowest BCUT2D eigenvalue weighted by Crippen LogP contribution is -2.45. The van der Waals surface area contributed by atoms with Crippen LogP contribution in [0, 0.1) is 19.8 Å². The number of nitrogen functional groups attached to an aromatic ring is 1. The number of alkyl halides is 2. The lowest BCUT2D eigenvalue weighted by atomic mass is 9.52. The summed E-state index contributed by atoms with van der Waals surface area (Å²) in [6.45, 7) is 3.79. The van der Waals surface area contributed by atoms with E-state index in [1.807, 2.05) is 26.1 Å². The van der Waals surface area contributed by atoms with Crippen LogP contribution in [-0.2, 0) is 5.34 Å². The maximum Gasteiger partial charge on any atom is 0.248 e. The number of halogens is 2. The van der Waals surface area contributed by atoms with E-state index in [1.165, 1.54) is 0 Å². The van der Waals surface area contributed by atoms with E-state index >= 15 is 0 Å². The highest BCUT2D eigenvalue weighted by Crippen LogP contribution is 2.43. The van der Waals surface area contributed by atoms with Crippen LogP contribution in [0.4, 0.5) is 14.6 Å². The summed E-state index contributed by atoms with van der Waals surface area (Å²) in [4.78, 5) is 9.11. The molecule has 0 bridgehead atoms. The molecule has 4 aromatic rings. The van der Waals surface area contributed by atoms with Crippen LogP contribution in [0.25, 0.3) is 33.3 Å². The molecule has 1 aliphatic rings. The van der Waals surface area contributed by atoms with Gasteiger partial charge in [0.05, 0.1) is 16.7 Å². The average molecular weight is 461 g/mol. The molecule has 0 atom stereocenters. The Kier molecular flexibility index (Phi) is 5.30. The summed E-state index contributed by atoms with van der Waals surface area (Å²) in [5.74, 6) is -1.27. The Morgan fingerprint density at radius 1 is 1.12 bits per heavy atom. The molecular weight excluding hydrogens is 434 g/mol. The van der Waals surface area contributed by atoms with Crippen LogP contribution in [0.5, 0.6) is 0 Å². The smallest absolute Gasteiger partial charge is 0.248 e. The Balaban J connectivity index is 1.69. The van der Waals surface area contributed by atoms with Gasteiger partial charge in [0.1, 0.15) is 27.3 Å². The Morgan fingerprint density at radius 2 is 1.82 bits per heavy atom. The molecule has 10 heteroatoms. The summed E-state index contributed by atoms with van der Waals surface area (Å²) in [6, 6.07) is 5.80. The van der Waals surface area contributed by atoms with Gasteiger partial charge in [-0.05, 0) is 56.1 Å². The molecule has 6 nitrogen and oxygen atoms in total. The van der Waals surface area contributed by atoms with Gasteiger partial charge in [-0.25, -0.2) is 13.8 Å². The van der Waals surface area contributed by atoms with Gasteiger partial charge in [-0.1, -0.05) is 5.16 Å². The second-order valence-electron chi connectivity index (χ2n) is 9.96. The first-order chi connectivity index (χ1) is 16.1. The minimum absolute atomic E-state index is 0.0718. The maximum absolute atomic E-state index is 13.9. The fourth-order valence-electron chi connectivity index (χ4n) is 5.33. The summed E-state index contributed by atoms with van der Waals surface area (Å²) in [7, 11) is 4.27. The third-order valence-corrected chi connectivity index (χ3v) is 7.40. The number of pyridine rings is 2. The highest BCUT2D eigenvalue weighted by atomic mass is 19.3. The van der Waals surface area contributed by atoms with Crippen LogP contribution in [0.15, 0.2) is 41.3 Å². The van der Waals surface area contributed by atoms with E-state index < -0.39 is 11.3 Å². The van der Waals surface area contributed by atoms with Gasteiger partial charge >= 0.3 is 0 Å². The van der Waals surface area contributed by atoms with Gasteiger partial charge in [0.25, 0.3) is 0 Å². The molecular formula is C24H27B2F2N5O. The van der Waals surface area contributed by atoms with Crippen molar-refractivity contribution in [1.82, 2.24) is 19.7 Å². The predicted octanol–water partition coefficient (Wildman–Crippen LogP) is 3.65. The SMILES string of the molecule is BC(B)(C1CCC(F)(F)CC1)n1cc(-c2ccc(N)nc2)c2ncc(-c3c(C)noc3C)cc21. The molecule has 1 fully saturated rings. The maximum atomic E-state index is 13.9. The lowest BCUT2D eigenvalue weighted by molar-refractivity contribution is -0.0498. The molecule has 0 radical (unpaired) electrons. The van der Waals surface area contributed by atoms with Gasteiger partial charge in [0, 0.05) is 53.7 Å². The fourth-order valence-corrected chi connectivity index (χ4v) is 5.33. The zero-order chi connectivity index (χ0) is 24.3. The van der Waals surface area contributed by atoms with Gasteiger partial charge in [-0.3, -0.25) is 4.98 Å². The number of rotatable bonds is 4. The Bertz CT molecular complexity index is 1330. The van der Waals surface area contributed by atoms with Crippen LogP contribution in [0.3, 0.4) is 0 Å². The number of aromatic nitrogens is 4. The van der Waals surface area contributed by atoms with Crippen LogP contribution in [-0.4, -0.2) is 41.3 Å². The largest absolute Gasteiger partial charge is 0.384 e. The summed E-state index contributed by atoms with van der Waals surface area (Å²) in [5.41, 5.74) is 12.0. The molecule has 1 saturated carbocycles. The van der Waals surface area contributed by atoms with Crippen molar-refractivity contribution in [3.8, 4) is 22.3 Å². The van der Waals surface area contributed by atoms with Crippen LogP contribution >= 0.6 is 0 Å². The molecule has 5 rings (SSSR count). The van der Waals surface area contributed by atoms with Crippen LogP contribution in [0.2, 0.25) is 0 Å². The van der Waals surface area contributed by atoms with Crippen molar-refractivity contribution in [2.75, 3.05) is 5.73 Å². The average Bonchev–Trinajstić information content (AvgIpc) is 3.33. The van der Waals surface area contributed by atoms with Crippen molar-refractivity contribution in [3.05, 3.63) is 48.2 Å². The normalized spacial score (nSPS) is 16.8. The molecule has 34 heavy (non-hydrogen) atoms. The topological polar surface area (TPSA) is 82.8 Å². The first-order valence-electron chi connectivity index (χ1n) is 11.6. The predicted molar refractivity (Wildman–Crippen MR) is 134 cm³/mol. The number of anilines is 1. The van der Waals surface area contributed by atoms with Crippen molar-refractivity contribution >= 4 is 32.5 Å². The Labute approximate surface area is 198 Å². The van der Waals surface area contributed by atoms with Gasteiger partial charge in [0.2, 0.25) is 5.92 Å². The second kappa shape index (κ2) is 7.96. The monoisotopic (exact) mass is 461 g/mol. The minimum Gasteiger partial charge on any atom is -0.384 e. The zero-order valence-corrected chi connectivity index (χ0v) is 19.9. The van der Waals surface area contributed by atoms with Crippen molar-refractivity contribution in [3.63, 3.8) is 0 Å². The molecule has 0 aliphatic heterocycles. The standard InChI is InChI=1S/C24H27B2F2N5O/c1-13-21(14(2)34-32-13)16-9-19-22(31-11-16)18(15-3-4-20(29)30-10-15)12-33(19)24(25,26)17-5-7-23(27,28)8-6-17/h3-4,9-12,17H,5-8,25-26H2,1-2H3,(H2,29,30). The van der Waals surface area contributed by atoms with Crippen molar-refractivity contribution in [2.24, 2.45) is 5.92 Å². The van der Waals surface area contributed by atoms with Gasteiger partial charge in [-0.2, -0.15) is 0 Å². The number of fused-ring (bicyclic) bond motifs is 1. The van der Waals surface area contributed by atoms with E-state index in [0.29, 0.717) is 18.7 Å². The summed E-state index contributed by atoms with van der Waals surface area (Å²) < 4.78 is 35.4. The molecule has 0 spiro atoms. The van der Waals surface area contributed by atoms with Gasteiger partial charge in [0.15, 0.2) is 0 Å². The molecule has 4 heterocycles. The van der Waals surface area contributed by atoms with Crippen molar-refractivity contribution < 1.29 is 13.3 Å². The third kappa shape index (κ3) is 3.79. The molecule has 174 valence electrons. The molecule has 1 aliphatic carbocycles. The molecule has 0 aromatic carbocycles. The van der Waals surface area contributed by atoms with E-state index in [2.05, 4.69) is 42.7 Å². The van der Waals surface area contributed by atoms with Gasteiger partial charge < -0.3 is 14.8 Å². The first-order valence-corrected chi connectivity index (χ1v) is 11.6. The molecule has 2 N–H and O–H groups in total. The molecule has 0 unspecified atom stereocenters. The van der Waals surface area contributed by atoms with Crippen LogP contribution in [0.1, 0.15) is 37.1 Å². The number of hydrogen-bond donors (Lipinski definition) is 1. The zero-order valence-electron chi connectivity index (χ0n) is 19.9. The van der Waals surface area contributed by atoms with E-state index in [9.17, 15) is 8.78 Å². The lowest BCUT2D eigenvalue weighted by Gasteiger charge is -2.41. The Morgan fingerprint density at radius 3 is 2.44 bits per heavy atom. The molecule has 4 aromatic heterocycles. The quantitative estimate of drug-likeness (QED) is 0.470. The van der Waals surface area contributed by atoms with Crippen molar-refractivity contribution in [2.45, 2.75) is 50.8 Å². The highest BCUT2D eigenvalue weighted by molar-refractivity contribution is 6.38. The van der Waals surface area contributed by atoms with Crippen molar-refractivity contribution in [1.29, 1.82) is 0 Å². The fraction of sp³-hybridized carbons (Fsp3) is 0.375. The van der Waals surface area contributed by atoms with E-state index in [4.69, 9.17) is 15.2 Å². The number of nitrogens with zero attached hydrogens (tertiary/aromatic N) is 4. The second-order valence-corrected chi connectivity index (χ2v) is 9.96. The molecule has 0 saturated heterocycles. The summed E-state index contributed by atoms with van der Waals surface area (Å²) in [5, 5.41) is 3.70. The number of hydrogen-bond acceptors (Lipinski definition) is 5. The molecule has 0 amide bonds. The third-order valence-electron chi connectivity index (χ3n) is 7.40. The first kappa shape index (κ1) is 22.6. The summed E-state index contributed by atoms with van der Waals surface area (Å²) >= 11 is 0. The van der Waals surface area contributed by atoms with E-state index in [0.717, 1.165) is 44.7 Å². The number of nitrogens with two attached hydrogens (primary N) is 1. The van der Waals surface area contributed by atoms with Gasteiger partial charge in [-0.15, -0.1) is 0 Å². The van der Waals surface area contributed by atoms with E-state index in [1.54, 1.807) is 12.3 Å².